The lowest BCUT2D eigenvalue weighted by atomic mass is 9.59. The second kappa shape index (κ2) is 12.7. The zero-order valence-corrected chi connectivity index (χ0v) is 31.0. The van der Waals surface area contributed by atoms with Crippen molar-refractivity contribution in [2.24, 2.45) is 38.2 Å². The van der Waals surface area contributed by atoms with Crippen LogP contribution in [0.2, 0.25) is 0 Å². The number of carbonyl (C=O) groups is 2. The van der Waals surface area contributed by atoms with Crippen LogP contribution in [0.3, 0.4) is 0 Å². The van der Waals surface area contributed by atoms with Gasteiger partial charge in [-0.25, -0.2) is 4.39 Å². The molecule has 0 bridgehead atoms. The normalized spacial score (nSPS) is 27.3. The van der Waals surface area contributed by atoms with Gasteiger partial charge in [-0.05, 0) is 93.6 Å². The molecule has 256 valence electrons. The summed E-state index contributed by atoms with van der Waals surface area (Å²) in [6, 6.07) is 10.3. The van der Waals surface area contributed by atoms with E-state index in [1.165, 1.54) is 25.1 Å². The molecule has 5 rings (SSSR count). The maximum Gasteiger partial charge on any atom is 0.227 e. The van der Waals surface area contributed by atoms with Crippen LogP contribution in [0.1, 0.15) is 92.7 Å². The van der Waals surface area contributed by atoms with E-state index in [-0.39, 0.29) is 45.7 Å². The summed E-state index contributed by atoms with van der Waals surface area (Å²) >= 11 is 0. The Morgan fingerprint density at radius 1 is 0.872 bits per heavy atom. The molecule has 2 aromatic carbocycles. The van der Waals surface area contributed by atoms with Gasteiger partial charge in [0.1, 0.15) is 17.5 Å². The number of anilines is 2. The Morgan fingerprint density at radius 2 is 1.43 bits per heavy atom. The van der Waals surface area contributed by atoms with Gasteiger partial charge in [0.25, 0.3) is 0 Å². The van der Waals surface area contributed by atoms with Crippen molar-refractivity contribution < 1.29 is 18.2 Å². The quantitative estimate of drug-likeness (QED) is 0.308. The molecule has 0 radical (unpaired) electrons. The van der Waals surface area contributed by atoms with Gasteiger partial charge in [0.15, 0.2) is 0 Å². The van der Waals surface area contributed by atoms with Crippen LogP contribution in [0, 0.1) is 22.6 Å². The third kappa shape index (κ3) is 7.46. The standard InChI is InChI=1S/C20H30N3OP.C15H20FN3O2S/c1-18(2)11-20(5,23-17(21)19(18,3)4)14-10-13(8-9-15(14)25)22-16(24)12-6-7-12;1-9(20)18-10-5-6-12(16)11(7-10)15(4)8-22(21)14(2,3)13(17)19-15/h8-10,12H,6-7,11,25H2,1-5H3,(H2,21,23)(H,22,24);5-7H,8H2,1-4H3,(H2,17,19)(H,18,20)/t20-;15-,22?/m00/s1. The molecule has 6 N–H and O–H groups in total. The molecule has 12 heteroatoms. The number of amidine groups is 2. The van der Waals surface area contributed by atoms with Crippen molar-refractivity contribution >= 4 is 60.2 Å². The minimum atomic E-state index is -1.29. The molecule has 9 nitrogen and oxygen atoms in total. The third-order valence-electron chi connectivity index (χ3n) is 10.2. The van der Waals surface area contributed by atoms with Crippen molar-refractivity contribution in [3.8, 4) is 0 Å². The summed E-state index contributed by atoms with van der Waals surface area (Å²) in [5.41, 5.74) is 13.5. The van der Waals surface area contributed by atoms with Crippen LogP contribution in [0.5, 0.6) is 0 Å². The van der Waals surface area contributed by atoms with E-state index in [0.717, 1.165) is 35.8 Å². The molecule has 2 heterocycles. The molecule has 2 aromatic rings. The summed E-state index contributed by atoms with van der Waals surface area (Å²) in [5, 5.41) is 6.75. The van der Waals surface area contributed by atoms with E-state index in [1.54, 1.807) is 20.8 Å². The lowest BCUT2D eigenvalue weighted by Crippen LogP contribution is -2.52. The number of rotatable bonds is 5. The van der Waals surface area contributed by atoms with E-state index in [2.05, 4.69) is 65.6 Å². The maximum absolute atomic E-state index is 14.3. The molecule has 0 spiro atoms. The van der Waals surface area contributed by atoms with Crippen LogP contribution in [0.15, 0.2) is 46.4 Å². The van der Waals surface area contributed by atoms with Gasteiger partial charge in [-0.15, -0.1) is 9.24 Å². The number of amides is 2. The van der Waals surface area contributed by atoms with Crippen LogP contribution in [-0.2, 0) is 31.5 Å². The van der Waals surface area contributed by atoms with Crippen LogP contribution < -0.4 is 27.4 Å². The maximum atomic E-state index is 14.3. The molecule has 2 amide bonds. The fourth-order valence-electron chi connectivity index (χ4n) is 6.06. The van der Waals surface area contributed by atoms with Crippen LogP contribution in [-0.4, -0.2) is 38.2 Å². The molecule has 2 unspecified atom stereocenters. The summed E-state index contributed by atoms with van der Waals surface area (Å²) in [6.45, 7) is 17.6. The Balaban J connectivity index is 0.000000215. The highest BCUT2D eigenvalue weighted by Crippen LogP contribution is 2.52. The van der Waals surface area contributed by atoms with Gasteiger partial charge in [0.05, 0.1) is 21.6 Å². The van der Waals surface area contributed by atoms with Crippen LogP contribution in [0.25, 0.3) is 0 Å². The van der Waals surface area contributed by atoms with Crippen molar-refractivity contribution in [3.63, 3.8) is 0 Å². The predicted molar refractivity (Wildman–Crippen MR) is 195 cm³/mol. The van der Waals surface area contributed by atoms with Crippen molar-refractivity contribution in [3.05, 3.63) is 53.3 Å². The summed E-state index contributed by atoms with van der Waals surface area (Å²) in [4.78, 5) is 32.6. The summed E-state index contributed by atoms with van der Waals surface area (Å²) < 4.78 is 26.0. The average molecular weight is 685 g/mol. The number of benzene rings is 2. The average Bonchev–Trinajstić information content (AvgIpc) is 3.79. The molecule has 47 heavy (non-hydrogen) atoms. The molecular weight excluding hydrogens is 634 g/mol. The lowest BCUT2D eigenvalue weighted by Gasteiger charge is -2.50. The van der Waals surface area contributed by atoms with E-state index < -0.39 is 32.4 Å². The smallest absolute Gasteiger partial charge is 0.227 e. The molecular formula is C35H50FN6O3PS. The zero-order valence-electron chi connectivity index (χ0n) is 29.0. The van der Waals surface area contributed by atoms with Crippen molar-refractivity contribution in [1.29, 1.82) is 0 Å². The fraction of sp³-hybridized carbons (Fsp3) is 0.543. The Bertz CT molecular complexity index is 1690. The van der Waals surface area contributed by atoms with E-state index in [4.69, 9.17) is 16.5 Å². The van der Waals surface area contributed by atoms with Crippen molar-refractivity contribution in [2.75, 3.05) is 16.4 Å². The van der Waals surface area contributed by atoms with Gasteiger partial charge in [-0.1, -0.05) is 33.8 Å². The number of nitrogens with zero attached hydrogens (tertiary/aromatic N) is 2. The van der Waals surface area contributed by atoms with Gasteiger partial charge in [-0.2, -0.15) is 0 Å². The van der Waals surface area contributed by atoms with E-state index in [1.807, 2.05) is 12.1 Å². The van der Waals surface area contributed by atoms with Crippen LogP contribution >= 0.6 is 9.24 Å². The van der Waals surface area contributed by atoms with Gasteiger partial charge >= 0.3 is 0 Å². The molecule has 1 aliphatic carbocycles. The number of aliphatic imine (C=N–C) groups is 2. The second-order valence-electron chi connectivity index (χ2n) is 15.2. The molecule has 0 saturated heterocycles. The molecule has 0 aromatic heterocycles. The lowest BCUT2D eigenvalue weighted by molar-refractivity contribution is -0.117. The predicted octanol–water partition coefficient (Wildman–Crippen LogP) is 5.46. The summed E-state index contributed by atoms with van der Waals surface area (Å²) in [5.74, 6) is 0.704. The topological polar surface area (TPSA) is 152 Å². The molecule has 3 aliphatic rings. The van der Waals surface area contributed by atoms with Crippen molar-refractivity contribution in [1.82, 2.24) is 0 Å². The number of halogens is 1. The summed E-state index contributed by atoms with van der Waals surface area (Å²) in [7, 11) is 1.51. The number of nitrogens with one attached hydrogen (secondary N) is 2. The molecule has 4 atom stereocenters. The highest BCUT2D eigenvalue weighted by molar-refractivity contribution is 7.87. The fourth-order valence-corrected chi connectivity index (χ4v) is 7.92. The number of hydrogen-bond donors (Lipinski definition) is 4. The number of carbonyl (C=O) groups excluding carboxylic acids is 2. The van der Waals surface area contributed by atoms with Gasteiger partial charge in [-0.3, -0.25) is 23.8 Å². The molecule has 2 aliphatic heterocycles. The number of nitrogens with two attached hydrogens (primary N) is 2. The largest absolute Gasteiger partial charge is 0.387 e. The highest BCUT2D eigenvalue weighted by Gasteiger charge is 2.50. The molecule has 1 fully saturated rings. The first kappa shape index (κ1) is 36.7. The Kier molecular flexibility index (Phi) is 9.90. The zero-order chi connectivity index (χ0) is 35.3. The third-order valence-corrected chi connectivity index (χ3v) is 12.8. The van der Waals surface area contributed by atoms with E-state index >= 15 is 0 Å². The Labute approximate surface area is 283 Å². The minimum Gasteiger partial charge on any atom is -0.387 e. The number of hydrogen-bond acceptors (Lipinski definition) is 7. The van der Waals surface area contributed by atoms with Gasteiger partial charge < -0.3 is 22.1 Å². The van der Waals surface area contributed by atoms with Gasteiger partial charge in [0.2, 0.25) is 11.8 Å². The Hall–Kier alpha value is -3.17. The van der Waals surface area contributed by atoms with E-state index in [9.17, 15) is 18.2 Å². The summed E-state index contributed by atoms with van der Waals surface area (Å²) in [6.07, 6.45) is 2.90. The Morgan fingerprint density at radius 3 is 1.98 bits per heavy atom. The van der Waals surface area contributed by atoms with E-state index in [0.29, 0.717) is 11.5 Å². The first-order valence-electron chi connectivity index (χ1n) is 15.9. The monoisotopic (exact) mass is 684 g/mol. The van der Waals surface area contributed by atoms with Crippen molar-refractivity contribution in [2.45, 2.75) is 97.4 Å². The molecule has 1 saturated carbocycles. The van der Waals surface area contributed by atoms with Crippen LogP contribution in [0.4, 0.5) is 15.8 Å². The second-order valence-corrected chi connectivity index (χ2v) is 17.8. The first-order chi connectivity index (χ1) is 21.5. The first-order valence-corrected chi connectivity index (χ1v) is 17.8. The van der Waals surface area contributed by atoms with Gasteiger partial charge in [0, 0.05) is 46.0 Å². The SMILES string of the molecule is CC(=O)Nc1ccc(F)c([C@]2(C)CS(=O)C(C)(C)C(N)=N2)c1.CC1(C)C[C@@](C)(c2cc(NC(=O)C3CC3)ccc2P)N=C(N)C1(C)C. The minimum absolute atomic E-state index is 0.0119. The highest BCUT2D eigenvalue weighted by atomic mass is 32.2.